The molecule has 8 nitrogen and oxygen atoms in total. The number of Topliss-reactive ketones (excluding diaryl/α,β-unsaturated/α-hetero) is 1. The molecule has 1 N–H and O–H groups in total. The lowest BCUT2D eigenvalue weighted by Crippen LogP contribution is -2.13. The molecule has 0 aliphatic rings. The normalized spacial score (nSPS) is 10.4. The molecule has 0 radical (unpaired) electrons. The molecule has 136 valence electrons. The summed E-state index contributed by atoms with van der Waals surface area (Å²) in [6.45, 7) is 3.12. The molecule has 10 heteroatoms. The van der Waals surface area contributed by atoms with E-state index in [-0.39, 0.29) is 22.7 Å². The standard InChI is InChI=1S/C17H13N5O3S2/c1-9-12(7-18)16(27-14(9)10(2)23)20-13(24)8-26-17-22-21-15(25-17)11-3-5-19-6-4-11/h3-6H,8H2,1-2H3,(H,20,24). The minimum absolute atomic E-state index is 0.0230. The van der Waals surface area contributed by atoms with Crippen molar-refractivity contribution < 1.29 is 14.0 Å². The smallest absolute Gasteiger partial charge is 0.277 e. The van der Waals surface area contributed by atoms with Gasteiger partial charge < -0.3 is 9.73 Å². The van der Waals surface area contributed by atoms with Crippen LogP contribution in [0.1, 0.15) is 27.7 Å². The summed E-state index contributed by atoms with van der Waals surface area (Å²) in [5, 5.41) is 20.4. The van der Waals surface area contributed by atoms with Crippen LogP contribution in [0, 0.1) is 18.3 Å². The minimum atomic E-state index is -0.337. The molecule has 0 atom stereocenters. The molecule has 1 amide bonds. The average Bonchev–Trinajstić information content (AvgIpc) is 3.25. The fourth-order valence-electron chi connectivity index (χ4n) is 2.24. The Morgan fingerprint density at radius 3 is 2.74 bits per heavy atom. The molecule has 0 aromatic carbocycles. The number of ketones is 1. The maximum absolute atomic E-state index is 12.2. The first-order chi connectivity index (χ1) is 13.0. The maximum atomic E-state index is 12.2. The first kappa shape index (κ1) is 18.8. The van der Waals surface area contributed by atoms with Crippen LogP contribution in [0.4, 0.5) is 5.00 Å². The summed E-state index contributed by atoms with van der Waals surface area (Å²) in [6.07, 6.45) is 3.23. The highest BCUT2D eigenvalue weighted by Gasteiger charge is 2.19. The second-order valence-corrected chi connectivity index (χ2v) is 7.32. The zero-order valence-electron chi connectivity index (χ0n) is 14.3. The predicted octanol–water partition coefficient (Wildman–Crippen LogP) is 3.31. The molecule has 0 unspecified atom stereocenters. The Kier molecular flexibility index (Phi) is 5.63. The number of nitrogens with one attached hydrogen (secondary N) is 1. The van der Waals surface area contributed by atoms with E-state index in [4.69, 9.17) is 4.42 Å². The van der Waals surface area contributed by atoms with Gasteiger partial charge >= 0.3 is 0 Å². The Hall–Kier alpha value is -3.03. The fourth-order valence-corrected chi connectivity index (χ4v) is 3.87. The number of pyridine rings is 1. The van der Waals surface area contributed by atoms with Crippen molar-refractivity contribution in [3.05, 3.63) is 40.5 Å². The molecule has 3 heterocycles. The van der Waals surface area contributed by atoms with Gasteiger partial charge in [-0.05, 0) is 31.5 Å². The van der Waals surface area contributed by atoms with E-state index in [9.17, 15) is 14.9 Å². The molecule has 0 saturated heterocycles. The third-order valence-corrected chi connectivity index (χ3v) is 5.62. The number of thioether (sulfide) groups is 1. The number of carbonyl (C=O) groups excluding carboxylic acids is 2. The van der Waals surface area contributed by atoms with Crippen molar-refractivity contribution in [2.45, 2.75) is 19.1 Å². The average molecular weight is 399 g/mol. The van der Waals surface area contributed by atoms with Gasteiger partial charge in [0.05, 0.1) is 16.2 Å². The Balaban J connectivity index is 1.64. The molecule has 3 aromatic rings. The van der Waals surface area contributed by atoms with Gasteiger partial charge in [0.25, 0.3) is 5.22 Å². The van der Waals surface area contributed by atoms with Crippen LogP contribution in [0.25, 0.3) is 11.5 Å². The second kappa shape index (κ2) is 8.11. The molecule has 0 spiro atoms. The summed E-state index contributed by atoms with van der Waals surface area (Å²) < 4.78 is 5.51. The van der Waals surface area contributed by atoms with Crippen LogP contribution >= 0.6 is 23.1 Å². The van der Waals surface area contributed by atoms with Crippen LogP contribution in [0.2, 0.25) is 0 Å². The highest BCUT2D eigenvalue weighted by molar-refractivity contribution is 7.99. The number of carbonyl (C=O) groups is 2. The quantitative estimate of drug-likeness (QED) is 0.495. The number of amides is 1. The summed E-state index contributed by atoms with van der Waals surface area (Å²) in [6, 6.07) is 5.51. The Morgan fingerprint density at radius 1 is 1.33 bits per heavy atom. The topological polar surface area (TPSA) is 122 Å². The van der Waals surface area contributed by atoms with Crippen LogP contribution in [-0.2, 0) is 4.79 Å². The van der Waals surface area contributed by atoms with Gasteiger partial charge in [0.1, 0.15) is 11.1 Å². The van der Waals surface area contributed by atoms with Crippen molar-refractivity contribution in [2.24, 2.45) is 0 Å². The molecule has 0 bridgehead atoms. The third kappa shape index (κ3) is 4.21. The molecule has 0 saturated carbocycles. The van der Waals surface area contributed by atoms with E-state index in [1.165, 1.54) is 6.92 Å². The van der Waals surface area contributed by atoms with E-state index in [0.29, 0.717) is 26.9 Å². The van der Waals surface area contributed by atoms with Crippen LogP contribution in [0.5, 0.6) is 0 Å². The molecule has 0 aliphatic carbocycles. The van der Waals surface area contributed by atoms with Crippen molar-refractivity contribution in [1.82, 2.24) is 15.2 Å². The lowest BCUT2D eigenvalue weighted by Gasteiger charge is -2.01. The number of hydrogen-bond donors (Lipinski definition) is 1. The van der Waals surface area contributed by atoms with Crippen LogP contribution in [0.3, 0.4) is 0 Å². The Bertz CT molecular complexity index is 1040. The Labute approximate surface area is 162 Å². The van der Waals surface area contributed by atoms with E-state index in [1.54, 1.807) is 31.5 Å². The number of nitriles is 1. The number of rotatable bonds is 6. The predicted molar refractivity (Wildman–Crippen MR) is 101 cm³/mol. The Morgan fingerprint density at radius 2 is 2.07 bits per heavy atom. The molecule has 0 aliphatic heterocycles. The number of thiophene rings is 1. The first-order valence-corrected chi connectivity index (χ1v) is 9.50. The summed E-state index contributed by atoms with van der Waals surface area (Å²) in [5.74, 6) is -0.114. The van der Waals surface area contributed by atoms with Crippen LogP contribution in [-0.4, -0.2) is 32.6 Å². The van der Waals surface area contributed by atoms with Crippen molar-refractivity contribution in [1.29, 1.82) is 5.26 Å². The van der Waals surface area contributed by atoms with Gasteiger partial charge in [0.2, 0.25) is 11.8 Å². The van der Waals surface area contributed by atoms with E-state index < -0.39 is 0 Å². The maximum Gasteiger partial charge on any atom is 0.277 e. The zero-order chi connectivity index (χ0) is 19.4. The molecular formula is C17H13N5O3S2. The van der Waals surface area contributed by atoms with Crippen molar-refractivity contribution in [3.63, 3.8) is 0 Å². The molecule has 27 heavy (non-hydrogen) atoms. The van der Waals surface area contributed by atoms with Gasteiger partial charge in [-0.3, -0.25) is 14.6 Å². The van der Waals surface area contributed by atoms with Gasteiger partial charge in [-0.15, -0.1) is 21.5 Å². The minimum Gasteiger partial charge on any atom is -0.411 e. The highest BCUT2D eigenvalue weighted by atomic mass is 32.2. The van der Waals surface area contributed by atoms with Crippen LogP contribution < -0.4 is 5.32 Å². The number of hydrogen-bond acceptors (Lipinski definition) is 9. The van der Waals surface area contributed by atoms with Gasteiger partial charge in [0.15, 0.2) is 5.78 Å². The molecule has 3 aromatic heterocycles. The highest BCUT2D eigenvalue weighted by Crippen LogP contribution is 2.33. The van der Waals surface area contributed by atoms with Gasteiger partial charge in [0, 0.05) is 18.0 Å². The monoisotopic (exact) mass is 399 g/mol. The van der Waals surface area contributed by atoms with Crippen molar-refractivity contribution >= 4 is 39.8 Å². The van der Waals surface area contributed by atoms with E-state index in [0.717, 1.165) is 28.7 Å². The van der Waals surface area contributed by atoms with Gasteiger partial charge in [-0.2, -0.15) is 5.26 Å². The van der Waals surface area contributed by atoms with Crippen LogP contribution in [0.15, 0.2) is 34.2 Å². The van der Waals surface area contributed by atoms with Crippen molar-refractivity contribution in [2.75, 3.05) is 11.1 Å². The lowest BCUT2D eigenvalue weighted by molar-refractivity contribution is -0.113. The fraction of sp³-hybridized carbons (Fsp3) is 0.176. The third-order valence-electron chi connectivity index (χ3n) is 3.49. The molecular weight excluding hydrogens is 386 g/mol. The zero-order valence-corrected chi connectivity index (χ0v) is 16.0. The van der Waals surface area contributed by atoms with E-state index in [1.807, 2.05) is 6.07 Å². The second-order valence-electron chi connectivity index (χ2n) is 5.37. The molecule has 3 rings (SSSR count). The summed E-state index contributed by atoms with van der Waals surface area (Å²) in [7, 11) is 0. The first-order valence-electron chi connectivity index (χ1n) is 7.70. The lowest BCUT2D eigenvalue weighted by atomic mass is 10.1. The van der Waals surface area contributed by atoms with Gasteiger partial charge in [-0.1, -0.05) is 11.8 Å². The summed E-state index contributed by atoms with van der Waals surface area (Å²) in [5.41, 5.74) is 1.62. The van der Waals surface area contributed by atoms with E-state index in [2.05, 4.69) is 20.5 Å². The largest absolute Gasteiger partial charge is 0.411 e. The number of nitrogens with zero attached hydrogens (tertiary/aromatic N) is 4. The summed E-state index contributed by atoms with van der Waals surface area (Å²) in [4.78, 5) is 28.2. The van der Waals surface area contributed by atoms with E-state index >= 15 is 0 Å². The molecule has 0 fully saturated rings. The van der Waals surface area contributed by atoms with Crippen molar-refractivity contribution in [3.8, 4) is 17.5 Å². The number of anilines is 1. The number of aromatic nitrogens is 3. The van der Waals surface area contributed by atoms with Gasteiger partial charge in [-0.25, -0.2) is 0 Å². The SMILES string of the molecule is CC(=O)c1sc(NC(=O)CSc2nnc(-c3ccncc3)o2)c(C#N)c1C. The summed E-state index contributed by atoms with van der Waals surface area (Å²) >= 11 is 2.18.